The number of ether oxygens (including phenoxy) is 2. The van der Waals surface area contributed by atoms with Crippen molar-refractivity contribution in [2.45, 2.75) is 26.1 Å². The van der Waals surface area contributed by atoms with Gasteiger partial charge in [0.05, 0.1) is 20.6 Å². The fraction of sp³-hybridized carbons (Fsp3) is 0.600. The van der Waals surface area contributed by atoms with Crippen LogP contribution < -0.4 is 0 Å². The first-order valence-electron chi connectivity index (χ1n) is 4.84. The summed E-state index contributed by atoms with van der Waals surface area (Å²) < 4.78 is 14.5. The normalized spacial score (nSPS) is 11.9. The van der Waals surface area contributed by atoms with Crippen LogP contribution in [0.4, 0.5) is 0 Å². The first-order chi connectivity index (χ1) is 7.30. The molecule has 0 atom stereocenters. The van der Waals surface area contributed by atoms with E-state index in [2.05, 4.69) is 9.47 Å². The Bertz CT molecular complexity index is 290. The summed E-state index contributed by atoms with van der Waals surface area (Å²) in [7, 11) is 0.648. The summed E-state index contributed by atoms with van der Waals surface area (Å²) in [6.45, 7) is 5.80. The molecule has 6 heteroatoms. The molecule has 0 amide bonds. The summed E-state index contributed by atoms with van der Waals surface area (Å²) in [5, 5.41) is 0. The zero-order valence-corrected chi connectivity index (χ0v) is 11.3. The second-order valence-electron chi connectivity index (χ2n) is 4.05. The summed E-state index contributed by atoms with van der Waals surface area (Å²) in [5.41, 5.74) is 0. The summed E-state index contributed by atoms with van der Waals surface area (Å²) in [6, 6.07) is 0. The van der Waals surface area contributed by atoms with Gasteiger partial charge in [0.25, 0.3) is 0 Å². The number of rotatable bonds is 5. The minimum atomic E-state index is -1.90. The first kappa shape index (κ1) is 14.7. The van der Waals surface area contributed by atoms with Crippen LogP contribution in [-0.4, -0.2) is 34.5 Å². The van der Waals surface area contributed by atoms with Crippen molar-refractivity contribution in [3.63, 3.8) is 0 Å². The summed E-state index contributed by atoms with van der Waals surface area (Å²) >= 11 is 0. The van der Waals surface area contributed by atoms with E-state index < -0.39 is 20.3 Å². The Balaban J connectivity index is 4.67. The van der Waals surface area contributed by atoms with Crippen LogP contribution >= 0.6 is 0 Å². The molecule has 0 rings (SSSR count). The van der Waals surface area contributed by atoms with E-state index in [1.165, 1.54) is 20.3 Å². The third kappa shape index (κ3) is 6.23. The number of methoxy groups -OCH3 is 2. The van der Waals surface area contributed by atoms with Crippen molar-refractivity contribution < 1.29 is 23.5 Å². The number of esters is 2. The summed E-state index contributed by atoms with van der Waals surface area (Å²) in [4.78, 5) is 22.3. The Morgan fingerprint density at radius 1 is 1.12 bits per heavy atom. The minimum absolute atomic E-state index is 0.00852. The van der Waals surface area contributed by atoms with Crippen molar-refractivity contribution >= 4 is 20.3 Å². The SMILES string of the molecule is COC(=O)CC=C(O[Si](C)(C)C)C(=O)OC. The van der Waals surface area contributed by atoms with Crippen LogP contribution in [0.1, 0.15) is 6.42 Å². The third-order valence-electron chi connectivity index (χ3n) is 1.48. The molecular weight excluding hydrogens is 228 g/mol. The fourth-order valence-corrected chi connectivity index (χ4v) is 1.68. The van der Waals surface area contributed by atoms with Gasteiger partial charge in [0.15, 0.2) is 5.76 Å². The highest BCUT2D eigenvalue weighted by molar-refractivity contribution is 6.70. The molecule has 0 saturated carbocycles. The zero-order valence-electron chi connectivity index (χ0n) is 10.3. The van der Waals surface area contributed by atoms with Crippen LogP contribution in [-0.2, 0) is 23.5 Å². The molecule has 0 aromatic carbocycles. The number of carbonyl (C=O) groups is 2. The van der Waals surface area contributed by atoms with Gasteiger partial charge in [-0.3, -0.25) is 4.79 Å². The minimum Gasteiger partial charge on any atom is -0.540 e. The van der Waals surface area contributed by atoms with E-state index in [0.29, 0.717) is 0 Å². The van der Waals surface area contributed by atoms with Gasteiger partial charge in [0.1, 0.15) is 0 Å². The molecule has 0 aromatic rings. The molecular formula is C10H18O5Si. The Labute approximate surface area is 96.5 Å². The third-order valence-corrected chi connectivity index (χ3v) is 2.32. The van der Waals surface area contributed by atoms with Crippen molar-refractivity contribution in [1.82, 2.24) is 0 Å². The average molecular weight is 246 g/mol. The van der Waals surface area contributed by atoms with Crippen LogP contribution in [0.5, 0.6) is 0 Å². The van der Waals surface area contributed by atoms with Crippen LogP contribution in [0.25, 0.3) is 0 Å². The Kier molecular flexibility index (Phi) is 5.80. The van der Waals surface area contributed by atoms with Gasteiger partial charge in [-0.2, -0.15) is 0 Å². The van der Waals surface area contributed by atoms with E-state index in [-0.39, 0.29) is 12.2 Å². The van der Waals surface area contributed by atoms with Crippen LogP contribution in [0.15, 0.2) is 11.8 Å². The zero-order chi connectivity index (χ0) is 12.8. The van der Waals surface area contributed by atoms with Gasteiger partial charge in [-0.05, 0) is 25.7 Å². The average Bonchev–Trinajstić information content (AvgIpc) is 2.20. The Morgan fingerprint density at radius 2 is 1.69 bits per heavy atom. The fourth-order valence-electron chi connectivity index (χ4n) is 0.856. The first-order valence-corrected chi connectivity index (χ1v) is 8.25. The Morgan fingerprint density at radius 3 is 2.06 bits per heavy atom. The van der Waals surface area contributed by atoms with Gasteiger partial charge in [0.2, 0.25) is 8.32 Å². The second-order valence-corrected chi connectivity index (χ2v) is 8.48. The second kappa shape index (κ2) is 6.32. The molecule has 92 valence electrons. The van der Waals surface area contributed by atoms with Gasteiger partial charge in [-0.25, -0.2) is 4.79 Å². The molecule has 0 aliphatic heterocycles. The van der Waals surface area contributed by atoms with E-state index in [4.69, 9.17) is 4.43 Å². The highest BCUT2D eigenvalue weighted by Crippen LogP contribution is 2.12. The van der Waals surface area contributed by atoms with Gasteiger partial charge >= 0.3 is 11.9 Å². The molecule has 0 unspecified atom stereocenters. The largest absolute Gasteiger partial charge is 0.540 e. The molecule has 0 radical (unpaired) electrons. The lowest BCUT2D eigenvalue weighted by atomic mass is 10.3. The topological polar surface area (TPSA) is 61.8 Å². The van der Waals surface area contributed by atoms with E-state index in [1.807, 2.05) is 19.6 Å². The highest BCUT2D eigenvalue weighted by atomic mass is 28.4. The molecule has 0 spiro atoms. The smallest absolute Gasteiger partial charge is 0.371 e. The van der Waals surface area contributed by atoms with Gasteiger partial charge < -0.3 is 13.9 Å². The lowest BCUT2D eigenvalue weighted by molar-refractivity contribution is -0.139. The van der Waals surface area contributed by atoms with Crippen molar-refractivity contribution in [3.05, 3.63) is 11.8 Å². The summed E-state index contributed by atoms with van der Waals surface area (Å²) in [5.74, 6) is -0.932. The molecule has 0 aliphatic rings. The maximum atomic E-state index is 11.3. The molecule has 0 N–H and O–H groups in total. The van der Waals surface area contributed by atoms with Crippen LogP contribution in [0, 0.1) is 0 Å². The molecule has 0 fully saturated rings. The van der Waals surface area contributed by atoms with Crippen LogP contribution in [0.2, 0.25) is 19.6 Å². The Hall–Kier alpha value is -1.30. The van der Waals surface area contributed by atoms with Gasteiger partial charge in [-0.1, -0.05) is 0 Å². The van der Waals surface area contributed by atoms with Gasteiger partial charge in [-0.15, -0.1) is 0 Å². The van der Waals surface area contributed by atoms with E-state index in [0.717, 1.165) is 0 Å². The van der Waals surface area contributed by atoms with E-state index >= 15 is 0 Å². The monoisotopic (exact) mass is 246 g/mol. The molecule has 0 saturated heterocycles. The van der Waals surface area contributed by atoms with Crippen molar-refractivity contribution in [1.29, 1.82) is 0 Å². The quantitative estimate of drug-likeness (QED) is 0.318. The van der Waals surface area contributed by atoms with E-state index in [9.17, 15) is 9.59 Å². The predicted molar refractivity (Wildman–Crippen MR) is 61.2 cm³/mol. The maximum Gasteiger partial charge on any atom is 0.371 e. The molecule has 0 aliphatic carbocycles. The van der Waals surface area contributed by atoms with Crippen molar-refractivity contribution in [2.24, 2.45) is 0 Å². The number of hydrogen-bond donors (Lipinski definition) is 0. The summed E-state index contributed by atoms with van der Waals surface area (Å²) in [6.07, 6.45) is 1.38. The highest BCUT2D eigenvalue weighted by Gasteiger charge is 2.22. The number of hydrogen-bond acceptors (Lipinski definition) is 5. The standard InChI is InChI=1S/C10H18O5Si/c1-13-9(11)7-6-8(10(12)14-2)15-16(3,4)5/h6H,7H2,1-5H3. The maximum absolute atomic E-state index is 11.3. The number of carbonyl (C=O) groups excluding carboxylic acids is 2. The van der Waals surface area contributed by atoms with Gasteiger partial charge in [0, 0.05) is 0 Å². The lowest BCUT2D eigenvalue weighted by Crippen LogP contribution is -2.28. The van der Waals surface area contributed by atoms with Crippen LogP contribution in [0.3, 0.4) is 0 Å². The molecule has 5 nitrogen and oxygen atoms in total. The van der Waals surface area contributed by atoms with Crippen molar-refractivity contribution in [3.8, 4) is 0 Å². The molecule has 0 heterocycles. The lowest BCUT2D eigenvalue weighted by Gasteiger charge is -2.20. The molecule has 0 aromatic heterocycles. The van der Waals surface area contributed by atoms with Crippen molar-refractivity contribution in [2.75, 3.05) is 14.2 Å². The van der Waals surface area contributed by atoms with E-state index in [1.54, 1.807) is 0 Å². The molecule has 0 bridgehead atoms. The molecule has 16 heavy (non-hydrogen) atoms. The predicted octanol–water partition coefficient (Wildman–Crippen LogP) is 1.46.